The number of rotatable bonds is 7. The molecule has 3 aromatic rings. The summed E-state index contributed by atoms with van der Waals surface area (Å²) in [5.74, 6) is -1.94. The number of nitrogens with zero attached hydrogens (tertiary/aromatic N) is 6. The summed E-state index contributed by atoms with van der Waals surface area (Å²) in [7, 11) is 0. The Morgan fingerprint density at radius 3 is 2.13 bits per heavy atom. The van der Waals surface area contributed by atoms with E-state index in [0.717, 1.165) is 56.6 Å². The summed E-state index contributed by atoms with van der Waals surface area (Å²) >= 11 is 0. The first-order valence-electron chi connectivity index (χ1n) is 12.3. The van der Waals surface area contributed by atoms with E-state index in [-0.39, 0.29) is 11.9 Å². The van der Waals surface area contributed by atoms with Crippen molar-refractivity contribution in [1.82, 2.24) is 20.1 Å². The third-order valence-electron chi connectivity index (χ3n) is 6.15. The monoisotopic (exact) mass is 535 g/mol. The number of hydrogen-bond donors (Lipinski definition) is 4. The number of piperidine rings is 1. The van der Waals surface area contributed by atoms with Gasteiger partial charge < -0.3 is 40.1 Å². The second-order valence-electron chi connectivity index (χ2n) is 9.34. The average Bonchev–Trinajstić information content (AvgIpc) is 3.53. The molecule has 206 valence electrons. The maximum absolute atomic E-state index is 11.9. The number of ether oxygens (including phenoxy) is 1. The quantitative estimate of drug-likeness (QED) is 0.315. The standard InChI is InChI=1S/C18H27N7O5.C6H4F2/c19-13-3-6-25(10-13)16-20-8-14(9-21-16)29-11-12-1-4-24(5-2-12)17-22-15(23-30-17)7-18(26,27)28;7-5-1-2-6(8)4-3-5/h8-9,12-13,26-28H,1-7,10-11,19H2;1-4H. The number of nitrogens with two attached hydrogens (primary N) is 1. The molecule has 2 aromatic heterocycles. The van der Waals surface area contributed by atoms with Crippen LogP contribution in [0.5, 0.6) is 5.75 Å². The highest BCUT2D eigenvalue weighted by molar-refractivity contribution is 5.33. The summed E-state index contributed by atoms with van der Waals surface area (Å²) in [4.78, 5) is 16.9. The highest BCUT2D eigenvalue weighted by Crippen LogP contribution is 2.24. The Labute approximate surface area is 217 Å². The third-order valence-corrected chi connectivity index (χ3v) is 6.15. The summed E-state index contributed by atoms with van der Waals surface area (Å²) in [6.07, 6.45) is 5.59. The molecule has 4 heterocycles. The van der Waals surface area contributed by atoms with Crippen LogP contribution >= 0.6 is 0 Å². The molecule has 0 radical (unpaired) electrons. The van der Waals surface area contributed by atoms with Gasteiger partial charge in [-0.05, 0) is 49.4 Å². The summed E-state index contributed by atoms with van der Waals surface area (Å²) in [6, 6.07) is 4.80. The van der Waals surface area contributed by atoms with Crippen LogP contribution in [0.25, 0.3) is 0 Å². The zero-order valence-corrected chi connectivity index (χ0v) is 20.7. The summed E-state index contributed by atoms with van der Waals surface area (Å²) < 4.78 is 34.8. The smallest absolute Gasteiger partial charge is 0.324 e. The van der Waals surface area contributed by atoms with Crippen LogP contribution in [0.15, 0.2) is 41.2 Å². The van der Waals surface area contributed by atoms with Gasteiger partial charge in [-0.1, -0.05) is 5.16 Å². The zero-order valence-electron chi connectivity index (χ0n) is 20.7. The fraction of sp³-hybridized carbons (Fsp3) is 0.500. The molecule has 12 nitrogen and oxygen atoms in total. The van der Waals surface area contributed by atoms with Gasteiger partial charge in [0.25, 0.3) is 5.97 Å². The highest BCUT2D eigenvalue weighted by atomic mass is 19.1. The Morgan fingerprint density at radius 2 is 1.58 bits per heavy atom. The normalized spacial score (nSPS) is 18.3. The lowest BCUT2D eigenvalue weighted by Gasteiger charge is -2.30. The zero-order chi connectivity index (χ0) is 27.1. The first-order chi connectivity index (χ1) is 18.1. The molecule has 2 aliphatic rings. The van der Waals surface area contributed by atoms with Crippen molar-refractivity contribution in [2.24, 2.45) is 11.7 Å². The second-order valence-corrected chi connectivity index (χ2v) is 9.34. The number of benzene rings is 1. The van der Waals surface area contributed by atoms with Gasteiger partial charge in [0.1, 0.15) is 11.6 Å². The third kappa shape index (κ3) is 8.28. The van der Waals surface area contributed by atoms with Crippen molar-refractivity contribution < 1.29 is 33.4 Å². The molecule has 2 fully saturated rings. The molecule has 1 atom stereocenters. The summed E-state index contributed by atoms with van der Waals surface area (Å²) in [6.45, 7) is 3.65. The van der Waals surface area contributed by atoms with Gasteiger partial charge in [0.05, 0.1) is 25.4 Å². The van der Waals surface area contributed by atoms with Crippen molar-refractivity contribution in [3.63, 3.8) is 0 Å². The van der Waals surface area contributed by atoms with Crippen LogP contribution in [0.3, 0.4) is 0 Å². The fourth-order valence-corrected chi connectivity index (χ4v) is 4.11. The number of hydrogen-bond acceptors (Lipinski definition) is 12. The van der Waals surface area contributed by atoms with Gasteiger partial charge >= 0.3 is 6.01 Å². The molecule has 1 unspecified atom stereocenters. The fourth-order valence-electron chi connectivity index (χ4n) is 4.11. The van der Waals surface area contributed by atoms with Gasteiger partial charge in [-0.25, -0.2) is 18.7 Å². The van der Waals surface area contributed by atoms with Crippen LogP contribution in [0.4, 0.5) is 20.7 Å². The topological polar surface area (TPSA) is 167 Å². The molecule has 2 aliphatic heterocycles. The van der Waals surface area contributed by atoms with Crippen LogP contribution in [-0.4, -0.2) is 80.2 Å². The lowest BCUT2D eigenvalue weighted by Crippen LogP contribution is -2.36. The van der Waals surface area contributed by atoms with E-state index in [0.29, 0.717) is 43.3 Å². The average molecular weight is 536 g/mol. The Balaban J connectivity index is 0.000000360. The van der Waals surface area contributed by atoms with Gasteiger partial charge in [0.15, 0.2) is 11.6 Å². The first kappa shape index (κ1) is 27.6. The Hall–Kier alpha value is -3.46. The van der Waals surface area contributed by atoms with Crippen molar-refractivity contribution in [3.05, 3.63) is 54.1 Å². The lowest BCUT2D eigenvalue weighted by atomic mass is 9.98. The SMILES string of the molecule is Fc1ccc(F)cc1.NC1CCN(c2ncc(OCC3CCN(c4nc(CC(O)(O)O)no4)CC3)cn2)C1. The number of halogens is 2. The number of aliphatic hydroxyl groups is 3. The van der Waals surface area contributed by atoms with Gasteiger partial charge in [-0.2, -0.15) is 4.98 Å². The minimum atomic E-state index is -2.85. The maximum atomic E-state index is 11.9. The van der Waals surface area contributed by atoms with Crippen molar-refractivity contribution in [2.45, 2.75) is 37.7 Å². The highest BCUT2D eigenvalue weighted by Gasteiger charge is 2.27. The predicted molar refractivity (Wildman–Crippen MR) is 131 cm³/mol. The van der Waals surface area contributed by atoms with E-state index < -0.39 is 24.0 Å². The molecule has 38 heavy (non-hydrogen) atoms. The maximum Gasteiger partial charge on any atom is 0.324 e. The van der Waals surface area contributed by atoms with Gasteiger partial charge in [-0.15, -0.1) is 0 Å². The Bertz CT molecular complexity index is 1120. The predicted octanol–water partition coefficient (Wildman–Crippen LogP) is 0.830. The van der Waals surface area contributed by atoms with E-state index in [2.05, 4.69) is 25.0 Å². The summed E-state index contributed by atoms with van der Waals surface area (Å²) in [5, 5.41) is 30.7. The van der Waals surface area contributed by atoms with Gasteiger partial charge in [0.2, 0.25) is 5.95 Å². The molecule has 0 amide bonds. The molecule has 0 spiro atoms. The summed E-state index contributed by atoms with van der Waals surface area (Å²) in [5.41, 5.74) is 5.93. The molecule has 0 saturated carbocycles. The number of anilines is 2. The van der Waals surface area contributed by atoms with E-state index in [1.54, 1.807) is 12.4 Å². The van der Waals surface area contributed by atoms with E-state index in [9.17, 15) is 8.78 Å². The Morgan fingerprint density at radius 1 is 0.974 bits per heavy atom. The van der Waals surface area contributed by atoms with Crippen LogP contribution in [0, 0.1) is 17.6 Å². The molecule has 5 rings (SSSR count). The first-order valence-corrected chi connectivity index (χ1v) is 12.3. The van der Waals surface area contributed by atoms with E-state index >= 15 is 0 Å². The lowest BCUT2D eigenvalue weighted by molar-refractivity contribution is -0.310. The minimum Gasteiger partial charge on any atom is -0.490 e. The van der Waals surface area contributed by atoms with E-state index in [4.69, 9.17) is 30.3 Å². The van der Waals surface area contributed by atoms with Gasteiger partial charge in [0, 0.05) is 32.2 Å². The molecule has 5 N–H and O–H groups in total. The van der Waals surface area contributed by atoms with E-state index in [1.807, 2.05) is 4.90 Å². The molecule has 0 aliphatic carbocycles. The molecule has 1 aromatic carbocycles. The van der Waals surface area contributed by atoms with Crippen LogP contribution in [0.1, 0.15) is 25.1 Å². The number of aromatic nitrogens is 4. The molecule has 0 bridgehead atoms. The van der Waals surface area contributed by atoms with Crippen molar-refractivity contribution in [2.75, 3.05) is 42.6 Å². The van der Waals surface area contributed by atoms with Crippen molar-refractivity contribution >= 4 is 12.0 Å². The largest absolute Gasteiger partial charge is 0.490 e. The second kappa shape index (κ2) is 12.4. The molecular formula is C24H31F2N7O5. The minimum absolute atomic E-state index is 0.0299. The van der Waals surface area contributed by atoms with Crippen LogP contribution < -0.4 is 20.3 Å². The molecular weight excluding hydrogens is 504 g/mol. The Kier molecular flexibility index (Phi) is 8.99. The van der Waals surface area contributed by atoms with E-state index in [1.165, 1.54) is 0 Å². The van der Waals surface area contributed by atoms with Crippen molar-refractivity contribution in [1.29, 1.82) is 0 Å². The van der Waals surface area contributed by atoms with Crippen molar-refractivity contribution in [3.8, 4) is 5.75 Å². The molecule has 14 heteroatoms. The van der Waals surface area contributed by atoms with Gasteiger partial charge in [-0.3, -0.25) is 0 Å². The van der Waals surface area contributed by atoms with Crippen LogP contribution in [0.2, 0.25) is 0 Å². The van der Waals surface area contributed by atoms with Crippen LogP contribution in [-0.2, 0) is 6.42 Å². The molecule has 2 saturated heterocycles.